The summed E-state index contributed by atoms with van der Waals surface area (Å²) in [5, 5.41) is 6.79. The van der Waals surface area contributed by atoms with Gasteiger partial charge in [-0.3, -0.25) is 5.43 Å². The van der Waals surface area contributed by atoms with Crippen LogP contribution < -0.4 is 5.43 Å². The molecule has 96 valence electrons. The summed E-state index contributed by atoms with van der Waals surface area (Å²) in [7, 11) is 0. The van der Waals surface area contributed by atoms with E-state index >= 15 is 0 Å². The minimum atomic E-state index is 0.255. The van der Waals surface area contributed by atoms with Gasteiger partial charge in [0.05, 0.1) is 5.69 Å². The maximum Gasteiger partial charge on any atom is 0.192 e. The predicted octanol–water partition coefficient (Wildman–Crippen LogP) is 4.26. The van der Waals surface area contributed by atoms with Gasteiger partial charge in [0.2, 0.25) is 0 Å². The molecule has 0 unspecified atom stereocenters. The summed E-state index contributed by atoms with van der Waals surface area (Å²) in [6.45, 7) is 1.84. The fourth-order valence-corrected chi connectivity index (χ4v) is 1.69. The van der Waals surface area contributed by atoms with Crippen molar-refractivity contribution in [2.75, 3.05) is 5.43 Å². The van der Waals surface area contributed by atoms with Crippen LogP contribution in [0.25, 0.3) is 11.1 Å². The van der Waals surface area contributed by atoms with Gasteiger partial charge in [0.25, 0.3) is 0 Å². The van der Waals surface area contributed by atoms with Gasteiger partial charge in [0, 0.05) is 6.42 Å². The third kappa shape index (κ3) is 3.48. The molecule has 1 N–H and O–H groups in total. The smallest absolute Gasteiger partial charge is 0.192 e. The number of nitrogens with one attached hydrogen (secondary N) is 1. The normalized spacial score (nSPS) is 11.1. The van der Waals surface area contributed by atoms with Crippen LogP contribution >= 0.6 is 0 Å². The molecular weight excluding hydrogens is 238 g/mol. The van der Waals surface area contributed by atoms with Gasteiger partial charge in [-0.2, -0.15) is 5.10 Å². The molecular formula is C15H15N3O. The monoisotopic (exact) mass is 253 g/mol. The van der Waals surface area contributed by atoms with Gasteiger partial charge in [-0.25, -0.2) is 0 Å². The first-order chi connectivity index (χ1) is 9.33. The molecule has 0 aliphatic heterocycles. The maximum atomic E-state index is 10.4. The lowest BCUT2D eigenvalue weighted by Gasteiger charge is -2.05. The molecule has 0 bridgehead atoms. The zero-order chi connectivity index (χ0) is 13.5. The second-order valence-corrected chi connectivity index (χ2v) is 4.03. The lowest BCUT2D eigenvalue weighted by molar-refractivity contribution is 1.19. The van der Waals surface area contributed by atoms with E-state index in [4.69, 9.17) is 0 Å². The van der Waals surface area contributed by atoms with Crippen LogP contribution in [-0.4, -0.2) is 5.84 Å². The molecule has 0 amide bonds. The molecule has 4 heteroatoms. The van der Waals surface area contributed by atoms with Gasteiger partial charge in [-0.05, 0) is 28.4 Å². The van der Waals surface area contributed by atoms with Gasteiger partial charge in [0.1, 0.15) is 0 Å². The van der Waals surface area contributed by atoms with E-state index in [0.717, 1.165) is 16.8 Å². The highest BCUT2D eigenvalue weighted by Crippen LogP contribution is 2.22. The van der Waals surface area contributed by atoms with E-state index in [0.29, 0.717) is 6.42 Å². The quantitative estimate of drug-likeness (QED) is 0.383. The Morgan fingerprint density at radius 1 is 1.05 bits per heavy atom. The number of amidine groups is 1. The number of anilines is 1. The molecule has 0 fully saturated rings. The zero-order valence-electron chi connectivity index (χ0n) is 10.7. The van der Waals surface area contributed by atoms with Crippen molar-refractivity contribution in [2.45, 2.75) is 13.3 Å². The number of hydrazone groups is 1. The van der Waals surface area contributed by atoms with E-state index in [2.05, 4.69) is 15.7 Å². The van der Waals surface area contributed by atoms with Crippen molar-refractivity contribution in [3.8, 4) is 11.1 Å². The van der Waals surface area contributed by atoms with Crippen LogP contribution in [0.2, 0.25) is 0 Å². The van der Waals surface area contributed by atoms with Crippen LogP contribution in [0.15, 0.2) is 64.9 Å². The minimum absolute atomic E-state index is 0.255. The lowest BCUT2D eigenvalue weighted by atomic mass is 10.1. The van der Waals surface area contributed by atoms with Gasteiger partial charge in [-0.15, -0.1) is 4.91 Å². The summed E-state index contributed by atoms with van der Waals surface area (Å²) in [6, 6.07) is 17.9. The van der Waals surface area contributed by atoms with E-state index < -0.39 is 0 Å². The van der Waals surface area contributed by atoms with Crippen LogP contribution in [0.3, 0.4) is 0 Å². The third-order valence-electron chi connectivity index (χ3n) is 2.71. The molecule has 0 atom stereocenters. The fraction of sp³-hybridized carbons (Fsp3) is 0.133. The largest absolute Gasteiger partial charge is 0.277 e. The molecule has 2 aromatic carbocycles. The molecule has 2 rings (SSSR count). The van der Waals surface area contributed by atoms with Crippen LogP contribution in [0.1, 0.15) is 13.3 Å². The van der Waals surface area contributed by atoms with Crippen LogP contribution in [0.4, 0.5) is 5.69 Å². The summed E-state index contributed by atoms with van der Waals surface area (Å²) >= 11 is 0. The maximum absolute atomic E-state index is 10.4. The number of hydrogen-bond acceptors (Lipinski definition) is 3. The van der Waals surface area contributed by atoms with E-state index in [-0.39, 0.29) is 5.84 Å². The Kier molecular flexibility index (Phi) is 4.39. The van der Waals surface area contributed by atoms with Crippen molar-refractivity contribution in [3.05, 3.63) is 59.5 Å². The average molecular weight is 253 g/mol. The minimum Gasteiger partial charge on any atom is -0.277 e. The van der Waals surface area contributed by atoms with Gasteiger partial charge in [0.15, 0.2) is 5.84 Å². The van der Waals surface area contributed by atoms with Crippen molar-refractivity contribution >= 4 is 11.5 Å². The summed E-state index contributed by atoms with van der Waals surface area (Å²) in [5.41, 5.74) is 5.91. The summed E-state index contributed by atoms with van der Waals surface area (Å²) in [5.74, 6) is 0.255. The molecule has 0 heterocycles. The van der Waals surface area contributed by atoms with Crippen LogP contribution in [0, 0.1) is 4.91 Å². The van der Waals surface area contributed by atoms with Gasteiger partial charge in [-0.1, -0.05) is 49.4 Å². The first-order valence-electron chi connectivity index (χ1n) is 6.15. The Morgan fingerprint density at radius 3 is 2.47 bits per heavy atom. The first-order valence-corrected chi connectivity index (χ1v) is 6.15. The molecule has 0 saturated carbocycles. The Hall–Kier alpha value is -2.49. The van der Waals surface area contributed by atoms with Crippen molar-refractivity contribution in [2.24, 2.45) is 10.3 Å². The molecule has 0 aromatic heterocycles. The second kappa shape index (κ2) is 6.44. The highest BCUT2D eigenvalue weighted by molar-refractivity contribution is 5.83. The van der Waals surface area contributed by atoms with Gasteiger partial charge >= 0.3 is 0 Å². The Balaban J connectivity index is 2.21. The standard InChI is InChI=1S/C15H15N3O/c1-2-15(18-19)17-16-14-10-6-9-13(11-14)12-7-4-3-5-8-12/h3-11,16H,2H2,1H3/b17-15+. The van der Waals surface area contributed by atoms with Crippen molar-refractivity contribution in [1.29, 1.82) is 0 Å². The Bertz CT molecular complexity index is 579. The Labute approximate surface area is 112 Å². The van der Waals surface area contributed by atoms with Crippen molar-refractivity contribution in [1.82, 2.24) is 0 Å². The summed E-state index contributed by atoms with van der Waals surface area (Å²) in [4.78, 5) is 10.4. The van der Waals surface area contributed by atoms with E-state index in [1.165, 1.54) is 0 Å². The molecule has 0 spiro atoms. The fourth-order valence-electron chi connectivity index (χ4n) is 1.69. The van der Waals surface area contributed by atoms with Crippen molar-refractivity contribution < 1.29 is 0 Å². The highest BCUT2D eigenvalue weighted by atomic mass is 16.3. The van der Waals surface area contributed by atoms with Crippen LogP contribution in [0.5, 0.6) is 0 Å². The molecule has 19 heavy (non-hydrogen) atoms. The van der Waals surface area contributed by atoms with E-state index in [9.17, 15) is 4.91 Å². The number of hydrogen-bond donors (Lipinski definition) is 1. The number of benzene rings is 2. The third-order valence-corrected chi connectivity index (χ3v) is 2.71. The summed E-state index contributed by atoms with van der Waals surface area (Å²) < 4.78 is 0. The first kappa shape index (κ1) is 13.0. The SMILES string of the molecule is CC/C(N=O)=N\Nc1cccc(-c2ccccc2)c1. The average Bonchev–Trinajstić information content (AvgIpc) is 2.49. The Morgan fingerprint density at radius 2 is 1.79 bits per heavy atom. The molecule has 0 aliphatic rings. The van der Waals surface area contributed by atoms with Gasteiger partial charge < -0.3 is 0 Å². The second-order valence-electron chi connectivity index (χ2n) is 4.03. The predicted molar refractivity (Wildman–Crippen MR) is 79.0 cm³/mol. The number of nitrogens with zero attached hydrogens (tertiary/aromatic N) is 2. The number of rotatable bonds is 4. The van der Waals surface area contributed by atoms with Crippen LogP contribution in [-0.2, 0) is 0 Å². The zero-order valence-corrected chi connectivity index (χ0v) is 10.7. The highest BCUT2D eigenvalue weighted by Gasteiger charge is 1.99. The topological polar surface area (TPSA) is 53.8 Å². The molecule has 4 nitrogen and oxygen atoms in total. The van der Waals surface area contributed by atoms with E-state index in [1.807, 2.05) is 61.5 Å². The van der Waals surface area contributed by atoms with Crippen molar-refractivity contribution in [3.63, 3.8) is 0 Å². The molecule has 0 radical (unpaired) electrons. The molecule has 0 aliphatic carbocycles. The lowest BCUT2D eigenvalue weighted by Crippen LogP contribution is -1.96. The summed E-state index contributed by atoms with van der Waals surface area (Å²) in [6.07, 6.45) is 0.509. The molecule has 2 aromatic rings. The molecule has 0 saturated heterocycles. The van der Waals surface area contributed by atoms with E-state index in [1.54, 1.807) is 0 Å². The number of nitroso groups, excluding NO2 is 1.